The van der Waals surface area contributed by atoms with Crippen molar-refractivity contribution in [3.05, 3.63) is 124 Å². The van der Waals surface area contributed by atoms with Gasteiger partial charge in [-0.3, -0.25) is 14.7 Å². The van der Waals surface area contributed by atoms with Crippen LogP contribution in [0.1, 0.15) is 40.8 Å². The molecule has 1 saturated heterocycles. The minimum absolute atomic E-state index is 0.152. The molecule has 0 spiro atoms. The van der Waals surface area contributed by atoms with E-state index in [1.807, 2.05) is 91.0 Å². The highest BCUT2D eigenvalue weighted by molar-refractivity contribution is 7.09. The van der Waals surface area contributed by atoms with Gasteiger partial charge in [-0.2, -0.15) is 0 Å². The summed E-state index contributed by atoms with van der Waals surface area (Å²) in [4.78, 5) is 47.2. The number of morpholine rings is 1. The van der Waals surface area contributed by atoms with Crippen LogP contribution in [0.4, 0.5) is 9.59 Å². The second-order valence-corrected chi connectivity index (χ2v) is 13.6. The van der Waals surface area contributed by atoms with Gasteiger partial charge in [0.25, 0.3) is 0 Å². The molecule has 4 amide bonds. The molecule has 0 bridgehead atoms. The van der Waals surface area contributed by atoms with Gasteiger partial charge in [0.05, 0.1) is 23.6 Å². The average molecular weight is 713 g/mol. The zero-order valence-corrected chi connectivity index (χ0v) is 29.7. The third-order valence-electron chi connectivity index (χ3n) is 8.77. The van der Waals surface area contributed by atoms with Gasteiger partial charge in [-0.05, 0) is 48.8 Å². The molecule has 0 saturated carbocycles. The maximum Gasteiger partial charge on any atom is 0.407 e. The van der Waals surface area contributed by atoms with E-state index in [1.54, 1.807) is 11.7 Å². The molecule has 51 heavy (non-hydrogen) atoms. The quantitative estimate of drug-likeness (QED) is 0.113. The first-order valence-corrected chi connectivity index (χ1v) is 18.5. The highest BCUT2D eigenvalue weighted by Gasteiger charge is 2.26. The van der Waals surface area contributed by atoms with E-state index in [9.17, 15) is 14.4 Å². The summed E-state index contributed by atoms with van der Waals surface area (Å²) in [5.74, 6) is -0.240. The number of amides is 4. The average Bonchev–Trinajstić information content (AvgIpc) is 3.69. The maximum absolute atomic E-state index is 14.0. The number of thiazole rings is 1. The smallest absolute Gasteiger partial charge is 0.407 e. The van der Waals surface area contributed by atoms with E-state index in [2.05, 4.69) is 31.2 Å². The fourth-order valence-corrected chi connectivity index (χ4v) is 6.51. The minimum Gasteiger partial charge on any atom is -0.444 e. The number of benzene rings is 3. The van der Waals surface area contributed by atoms with Crippen molar-refractivity contribution >= 4 is 29.4 Å². The van der Waals surface area contributed by atoms with Crippen LogP contribution < -0.4 is 21.3 Å². The summed E-state index contributed by atoms with van der Waals surface area (Å²) in [6, 6.07) is 28.0. The number of aromatic nitrogens is 1. The molecule has 2 heterocycles. The predicted octanol–water partition coefficient (Wildman–Crippen LogP) is 5.08. The van der Waals surface area contributed by atoms with E-state index < -0.39 is 18.2 Å². The lowest BCUT2D eigenvalue weighted by Gasteiger charge is -2.29. The van der Waals surface area contributed by atoms with Gasteiger partial charge in [0.1, 0.15) is 12.6 Å². The summed E-state index contributed by atoms with van der Waals surface area (Å²) in [6.45, 7) is 4.02. The Labute approximate surface area is 304 Å². The summed E-state index contributed by atoms with van der Waals surface area (Å²) >= 11 is 1.43. The van der Waals surface area contributed by atoms with E-state index in [1.165, 1.54) is 11.3 Å². The van der Waals surface area contributed by atoms with Gasteiger partial charge in [-0.25, -0.2) is 9.59 Å². The summed E-state index contributed by atoms with van der Waals surface area (Å²) in [5.41, 5.74) is 4.84. The number of nitrogens with one attached hydrogen (secondary N) is 4. The van der Waals surface area contributed by atoms with Crippen molar-refractivity contribution in [1.29, 1.82) is 0 Å². The molecule has 3 atom stereocenters. The lowest BCUT2D eigenvalue weighted by molar-refractivity contribution is -0.124. The highest BCUT2D eigenvalue weighted by atomic mass is 32.1. The van der Waals surface area contributed by atoms with Crippen LogP contribution >= 0.6 is 11.3 Å². The first-order valence-electron chi connectivity index (χ1n) is 17.6. The zero-order chi connectivity index (χ0) is 35.5. The van der Waals surface area contributed by atoms with Gasteiger partial charge in [-0.15, -0.1) is 11.3 Å². The van der Waals surface area contributed by atoms with E-state index in [0.29, 0.717) is 58.4 Å². The van der Waals surface area contributed by atoms with Crippen molar-refractivity contribution in [3.8, 4) is 0 Å². The molecule has 0 radical (unpaired) electrons. The third kappa shape index (κ3) is 13.8. The standard InChI is InChI=1S/C39H48N6O5S/c46-37(36(18-19-45-20-22-49-23-21-45)44-38(47)41-26-32-14-8-3-9-15-32)42-33(24-30-10-4-1-5-11-30)16-17-34(25-31-12-6-2-7-13-31)43-39(48)50-28-35-27-40-29-51-35/h1-15,27,29,33-34,36H,16-26,28H2,(H,42,46)(H,43,48)(H2,41,44,47)/t33-,34-,36+/m1/s1. The van der Waals surface area contributed by atoms with Crippen LogP contribution in [0.15, 0.2) is 103 Å². The number of carbonyl (C=O) groups excluding carboxylic acids is 3. The molecule has 3 aromatic carbocycles. The number of hydrogen-bond acceptors (Lipinski definition) is 8. The summed E-state index contributed by atoms with van der Waals surface area (Å²) in [5, 5.41) is 12.2. The fourth-order valence-electron chi connectivity index (χ4n) is 6.00. The van der Waals surface area contributed by atoms with Crippen LogP contribution in [0.25, 0.3) is 0 Å². The van der Waals surface area contributed by atoms with Crippen LogP contribution in [0.3, 0.4) is 0 Å². The Morgan fingerprint density at radius 2 is 1.35 bits per heavy atom. The molecule has 1 aliphatic heterocycles. The third-order valence-corrected chi connectivity index (χ3v) is 9.52. The maximum atomic E-state index is 14.0. The molecule has 270 valence electrons. The van der Waals surface area contributed by atoms with Crippen LogP contribution in [-0.2, 0) is 40.3 Å². The molecule has 4 N–H and O–H groups in total. The van der Waals surface area contributed by atoms with Crippen molar-refractivity contribution < 1.29 is 23.9 Å². The van der Waals surface area contributed by atoms with Gasteiger partial charge >= 0.3 is 12.1 Å². The van der Waals surface area contributed by atoms with E-state index >= 15 is 0 Å². The lowest BCUT2D eigenvalue weighted by Crippen LogP contribution is -2.53. The van der Waals surface area contributed by atoms with Crippen molar-refractivity contribution in [1.82, 2.24) is 31.2 Å². The summed E-state index contributed by atoms with van der Waals surface area (Å²) in [7, 11) is 0. The number of urea groups is 1. The number of ether oxygens (including phenoxy) is 2. The Bertz CT molecular complexity index is 1590. The minimum atomic E-state index is -0.748. The number of hydrogen-bond donors (Lipinski definition) is 4. The van der Waals surface area contributed by atoms with Crippen molar-refractivity contribution in [2.24, 2.45) is 0 Å². The highest BCUT2D eigenvalue weighted by Crippen LogP contribution is 2.15. The van der Waals surface area contributed by atoms with Crippen molar-refractivity contribution in [2.75, 3.05) is 32.8 Å². The molecule has 1 aliphatic rings. The van der Waals surface area contributed by atoms with Crippen LogP contribution in [-0.4, -0.2) is 78.9 Å². The van der Waals surface area contributed by atoms with Gasteiger partial charge in [0.2, 0.25) is 5.91 Å². The second kappa shape index (κ2) is 20.8. The molecule has 12 heteroatoms. The topological polar surface area (TPSA) is 134 Å². The van der Waals surface area contributed by atoms with E-state index in [0.717, 1.165) is 34.7 Å². The molecule has 4 aromatic rings. The molecule has 11 nitrogen and oxygen atoms in total. The van der Waals surface area contributed by atoms with Gasteiger partial charge in [-0.1, -0.05) is 91.0 Å². The van der Waals surface area contributed by atoms with Crippen LogP contribution in [0.2, 0.25) is 0 Å². The normalized spacial score (nSPS) is 14.8. The molecular weight excluding hydrogens is 665 g/mol. The number of rotatable bonds is 18. The second-order valence-electron chi connectivity index (χ2n) is 12.7. The first kappa shape index (κ1) is 37.5. The Hall–Kier alpha value is -4.78. The molecule has 0 aliphatic carbocycles. The summed E-state index contributed by atoms with van der Waals surface area (Å²) < 4.78 is 11.0. The summed E-state index contributed by atoms with van der Waals surface area (Å²) in [6.07, 6.45) is 4.01. The fraction of sp³-hybridized carbons (Fsp3) is 0.385. The SMILES string of the molecule is O=C(NCc1ccccc1)N[C@@H](CCN1CCOCC1)C(=O)N[C@H](CC[C@H](Cc1ccccc1)NC(=O)OCc1cncs1)Cc1ccccc1. The lowest BCUT2D eigenvalue weighted by atomic mass is 9.95. The predicted molar refractivity (Wildman–Crippen MR) is 198 cm³/mol. The van der Waals surface area contributed by atoms with E-state index in [4.69, 9.17) is 9.47 Å². The molecule has 5 rings (SSSR count). The van der Waals surface area contributed by atoms with Crippen molar-refractivity contribution in [2.45, 2.75) is 63.4 Å². The Balaban J connectivity index is 1.26. The monoisotopic (exact) mass is 712 g/mol. The van der Waals surface area contributed by atoms with Gasteiger partial charge in [0, 0.05) is 44.5 Å². The van der Waals surface area contributed by atoms with E-state index in [-0.39, 0.29) is 24.6 Å². The van der Waals surface area contributed by atoms with Gasteiger partial charge < -0.3 is 30.7 Å². The Morgan fingerprint density at radius 3 is 1.94 bits per heavy atom. The molecular formula is C39H48N6O5S. The van der Waals surface area contributed by atoms with Gasteiger partial charge in [0.15, 0.2) is 0 Å². The molecule has 1 fully saturated rings. The number of alkyl carbamates (subject to hydrolysis) is 1. The first-order chi connectivity index (χ1) is 25.0. The van der Waals surface area contributed by atoms with Crippen LogP contribution in [0.5, 0.6) is 0 Å². The van der Waals surface area contributed by atoms with Crippen LogP contribution in [0, 0.1) is 0 Å². The Kier molecular flexibility index (Phi) is 15.3. The molecule has 0 unspecified atom stereocenters. The molecule has 1 aromatic heterocycles. The largest absolute Gasteiger partial charge is 0.444 e. The number of carbonyl (C=O) groups is 3. The Morgan fingerprint density at radius 1 is 0.765 bits per heavy atom. The number of nitrogens with zero attached hydrogens (tertiary/aromatic N) is 2. The zero-order valence-electron chi connectivity index (χ0n) is 28.9. The van der Waals surface area contributed by atoms with Crippen molar-refractivity contribution in [3.63, 3.8) is 0 Å².